The molecule has 76 valence electrons. The average Bonchev–Trinajstić information content (AvgIpc) is 2.67. The minimum absolute atomic E-state index is 0.338. The van der Waals surface area contributed by atoms with Crippen molar-refractivity contribution in [3.8, 4) is 11.1 Å². The van der Waals surface area contributed by atoms with E-state index in [9.17, 15) is 4.79 Å². The smallest absolute Gasteiger partial charge is 0.337 e. The third-order valence-electron chi connectivity index (χ3n) is 2.11. The van der Waals surface area contributed by atoms with Crippen molar-refractivity contribution in [1.29, 1.82) is 0 Å². The van der Waals surface area contributed by atoms with Crippen LogP contribution in [0.4, 0.5) is 5.69 Å². The highest BCUT2D eigenvalue weighted by Crippen LogP contribution is 2.27. The molecule has 2 rings (SSSR count). The van der Waals surface area contributed by atoms with Crippen LogP contribution in [0.2, 0.25) is 0 Å². The summed E-state index contributed by atoms with van der Waals surface area (Å²) in [5.41, 5.74) is 8.19. The van der Waals surface area contributed by atoms with Crippen LogP contribution in [-0.4, -0.2) is 11.1 Å². The molecule has 0 saturated carbocycles. The summed E-state index contributed by atoms with van der Waals surface area (Å²) in [6, 6.07) is 7.17. The highest BCUT2D eigenvalue weighted by Gasteiger charge is 2.12. The molecule has 0 aliphatic rings. The van der Waals surface area contributed by atoms with Gasteiger partial charge >= 0.3 is 5.97 Å². The summed E-state index contributed by atoms with van der Waals surface area (Å²) in [7, 11) is 0. The van der Waals surface area contributed by atoms with Gasteiger partial charge in [-0.2, -0.15) is 11.3 Å². The first-order valence-corrected chi connectivity index (χ1v) is 5.28. The fourth-order valence-corrected chi connectivity index (χ4v) is 2.18. The zero-order valence-electron chi connectivity index (χ0n) is 7.81. The van der Waals surface area contributed by atoms with Crippen LogP contribution in [0.1, 0.15) is 10.4 Å². The molecule has 1 aromatic carbocycles. The topological polar surface area (TPSA) is 63.3 Å². The van der Waals surface area contributed by atoms with Crippen molar-refractivity contribution in [2.45, 2.75) is 0 Å². The average molecular weight is 219 g/mol. The van der Waals surface area contributed by atoms with Gasteiger partial charge in [-0.3, -0.25) is 0 Å². The largest absolute Gasteiger partial charge is 0.478 e. The van der Waals surface area contributed by atoms with Crippen LogP contribution in [0.15, 0.2) is 35.0 Å². The number of nitrogens with two attached hydrogens (primary N) is 1. The van der Waals surface area contributed by atoms with E-state index in [2.05, 4.69) is 0 Å². The second-order valence-corrected chi connectivity index (χ2v) is 3.87. The first-order chi connectivity index (χ1) is 7.18. The van der Waals surface area contributed by atoms with Gasteiger partial charge in [-0.15, -0.1) is 0 Å². The first-order valence-electron chi connectivity index (χ1n) is 4.34. The third kappa shape index (κ3) is 1.85. The number of anilines is 1. The summed E-state index contributed by atoms with van der Waals surface area (Å²) in [5.74, 6) is -0.900. The number of hydrogen-bond donors (Lipinski definition) is 2. The lowest BCUT2D eigenvalue weighted by Gasteiger charge is -2.00. The summed E-state index contributed by atoms with van der Waals surface area (Å²) in [6.45, 7) is 0. The summed E-state index contributed by atoms with van der Waals surface area (Å²) in [6.07, 6.45) is 0. The molecule has 0 saturated heterocycles. The van der Waals surface area contributed by atoms with Crippen molar-refractivity contribution in [3.63, 3.8) is 0 Å². The van der Waals surface area contributed by atoms with Crippen molar-refractivity contribution in [1.82, 2.24) is 0 Å². The number of carboxylic acid groups (broad SMARTS) is 1. The molecule has 3 nitrogen and oxygen atoms in total. The molecular formula is C11H9NO2S. The van der Waals surface area contributed by atoms with Crippen LogP contribution in [-0.2, 0) is 0 Å². The molecule has 0 radical (unpaired) electrons. The van der Waals surface area contributed by atoms with Gasteiger partial charge in [0.25, 0.3) is 0 Å². The monoisotopic (exact) mass is 219 g/mol. The number of thiophene rings is 1. The van der Waals surface area contributed by atoms with Gasteiger partial charge < -0.3 is 10.8 Å². The molecule has 0 unspecified atom stereocenters. The van der Waals surface area contributed by atoms with Crippen molar-refractivity contribution in [2.24, 2.45) is 0 Å². The molecule has 3 N–H and O–H groups in total. The number of carbonyl (C=O) groups is 1. The van der Waals surface area contributed by atoms with Crippen LogP contribution in [0.25, 0.3) is 11.1 Å². The Hall–Kier alpha value is -1.81. The summed E-state index contributed by atoms with van der Waals surface area (Å²) < 4.78 is 0. The molecule has 0 amide bonds. The Balaban J connectivity index is 2.49. The molecule has 1 aromatic heterocycles. The van der Waals surface area contributed by atoms with E-state index in [1.165, 1.54) is 11.3 Å². The van der Waals surface area contributed by atoms with Gasteiger partial charge in [0.15, 0.2) is 0 Å². The number of hydrogen-bond acceptors (Lipinski definition) is 3. The molecule has 1 heterocycles. The van der Waals surface area contributed by atoms with Crippen LogP contribution >= 0.6 is 11.3 Å². The van der Waals surface area contributed by atoms with E-state index in [1.807, 2.05) is 17.5 Å². The van der Waals surface area contributed by atoms with E-state index >= 15 is 0 Å². The molecular weight excluding hydrogens is 210 g/mol. The van der Waals surface area contributed by atoms with Gasteiger partial charge in [-0.25, -0.2) is 4.79 Å². The Morgan fingerprint density at radius 3 is 2.47 bits per heavy atom. The standard InChI is InChI=1S/C11H9NO2S/c12-8-3-1-7(2-4-8)9-5-15-6-10(9)11(13)14/h1-6H,12H2,(H,13,14). The Labute approximate surface area is 90.8 Å². The molecule has 0 bridgehead atoms. The van der Waals surface area contributed by atoms with Crippen molar-refractivity contribution < 1.29 is 9.90 Å². The fourth-order valence-electron chi connectivity index (χ4n) is 1.35. The lowest BCUT2D eigenvalue weighted by molar-refractivity contribution is 0.0698. The summed E-state index contributed by atoms with van der Waals surface area (Å²) >= 11 is 1.38. The SMILES string of the molecule is Nc1ccc(-c2cscc2C(=O)O)cc1. The third-order valence-corrected chi connectivity index (χ3v) is 2.86. The van der Waals surface area contributed by atoms with Crippen LogP contribution in [0.3, 0.4) is 0 Å². The number of benzene rings is 1. The predicted octanol–water partition coefficient (Wildman–Crippen LogP) is 2.70. The molecule has 2 aromatic rings. The maximum atomic E-state index is 10.9. The minimum atomic E-state index is -0.900. The highest BCUT2D eigenvalue weighted by atomic mass is 32.1. The zero-order valence-corrected chi connectivity index (χ0v) is 8.62. The van der Waals surface area contributed by atoms with Gasteiger partial charge in [0.1, 0.15) is 0 Å². The van der Waals surface area contributed by atoms with E-state index in [-0.39, 0.29) is 0 Å². The van der Waals surface area contributed by atoms with Gasteiger partial charge in [0, 0.05) is 16.6 Å². The van der Waals surface area contributed by atoms with Crippen molar-refractivity contribution in [3.05, 3.63) is 40.6 Å². The van der Waals surface area contributed by atoms with Gasteiger partial charge in [0.05, 0.1) is 5.56 Å². The second-order valence-electron chi connectivity index (χ2n) is 3.13. The molecule has 0 aliphatic carbocycles. The maximum Gasteiger partial charge on any atom is 0.337 e. The van der Waals surface area contributed by atoms with E-state index in [0.717, 1.165) is 11.1 Å². The molecule has 4 heteroatoms. The molecule has 0 aliphatic heterocycles. The van der Waals surface area contributed by atoms with E-state index in [1.54, 1.807) is 17.5 Å². The van der Waals surface area contributed by atoms with E-state index in [0.29, 0.717) is 11.3 Å². The lowest BCUT2D eigenvalue weighted by Crippen LogP contribution is -1.95. The normalized spacial score (nSPS) is 10.1. The number of aromatic carboxylic acids is 1. The van der Waals surface area contributed by atoms with Crippen LogP contribution in [0, 0.1) is 0 Å². The molecule has 15 heavy (non-hydrogen) atoms. The summed E-state index contributed by atoms with van der Waals surface area (Å²) in [5, 5.41) is 12.4. The Kier molecular flexibility index (Phi) is 2.43. The number of carboxylic acids is 1. The predicted molar refractivity (Wildman–Crippen MR) is 61.1 cm³/mol. The molecule has 0 atom stereocenters. The van der Waals surface area contributed by atoms with Crippen LogP contribution in [0.5, 0.6) is 0 Å². The number of rotatable bonds is 2. The van der Waals surface area contributed by atoms with Crippen LogP contribution < -0.4 is 5.73 Å². The quantitative estimate of drug-likeness (QED) is 0.763. The Morgan fingerprint density at radius 1 is 1.20 bits per heavy atom. The number of nitrogen functional groups attached to an aromatic ring is 1. The molecule has 0 fully saturated rings. The second kappa shape index (κ2) is 3.74. The lowest BCUT2D eigenvalue weighted by atomic mass is 10.0. The first kappa shape index (κ1) is 9.73. The Bertz CT molecular complexity index is 488. The maximum absolute atomic E-state index is 10.9. The Morgan fingerprint density at radius 2 is 1.87 bits per heavy atom. The van der Waals surface area contributed by atoms with Gasteiger partial charge in [-0.05, 0) is 23.1 Å². The molecule has 0 spiro atoms. The fraction of sp³-hybridized carbons (Fsp3) is 0. The van der Waals surface area contributed by atoms with Gasteiger partial charge in [-0.1, -0.05) is 12.1 Å². The minimum Gasteiger partial charge on any atom is -0.478 e. The van der Waals surface area contributed by atoms with E-state index in [4.69, 9.17) is 10.8 Å². The van der Waals surface area contributed by atoms with E-state index < -0.39 is 5.97 Å². The highest BCUT2D eigenvalue weighted by molar-refractivity contribution is 7.08. The van der Waals surface area contributed by atoms with Gasteiger partial charge in [0.2, 0.25) is 0 Å². The van der Waals surface area contributed by atoms with Crippen molar-refractivity contribution in [2.75, 3.05) is 5.73 Å². The van der Waals surface area contributed by atoms with Crippen molar-refractivity contribution >= 4 is 23.0 Å². The summed E-state index contributed by atoms with van der Waals surface area (Å²) in [4.78, 5) is 10.9. The zero-order chi connectivity index (χ0) is 10.8.